The van der Waals surface area contributed by atoms with Crippen LogP contribution in [0.5, 0.6) is 0 Å². The van der Waals surface area contributed by atoms with E-state index in [-0.39, 0.29) is 18.0 Å². The second kappa shape index (κ2) is 7.40. The van der Waals surface area contributed by atoms with Crippen molar-refractivity contribution in [3.63, 3.8) is 0 Å². The third-order valence-electron chi connectivity index (χ3n) is 4.54. The van der Waals surface area contributed by atoms with Gasteiger partial charge in [0, 0.05) is 17.2 Å². The summed E-state index contributed by atoms with van der Waals surface area (Å²) in [6.07, 6.45) is 0. The Bertz CT molecular complexity index is 1210. The van der Waals surface area contributed by atoms with Crippen LogP contribution in [0.25, 0.3) is 22.6 Å². The van der Waals surface area contributed by atoms with Gasteiger partial charge < -0.3 is 4.52 Å². The second-order valence-electron chi connectivity index (χ2n) is 6.51. The van der Waals surface area contributed by atoms with Gasteiger partial charge in [0.15, 0.2) is 0 Å². The van der Waals surface area contributed by atoms with Crippen LogP contribution in [0.3, 0.4) is 0 Å². The fourth-order valence-electron chi connectivity index (χ4n) is 2.82. The maximum atomic E-state index is 12.2. The van der Waals surface area contributed by atoms with Crippen LogP contribution in [0, 0.1) is 13.8 Å². The van der Waals surface area contributed by atoms with Crippen LogP contribution in [0.4, 0.5) is 0 Å². The summed E-state index contributed by atoms with van der Waals surface area (Å²) in [5, 5.41) is 8.95. The summed E-state index contributed by atoms with van der Waals surface area (Å²) in [5.74, 6) is 0.653. The molecule has 0 N–H and O–H groups in total. The Balaban J connectivity index is 1.64. The van der Waals surface area contributed by atoms with Crippen molar-refractivity contribution < 1.29 is 4.52 Å². The molecule has 2 heterocycles. The number of rotatable bonds is 4. The molecule has 0 saturated heterocycles. The van der Waals surface area contributed by atoms with Crippen LogP contribution < -0.4 is 5.56 Å². The highest BCUT2D eigenvalue weighted by molar-refractivity contribution is 6.33. The highest BCUT2D eigenvalue weighted by Crippen LogP contribution is 2.25. The first-order chi connectivity index (χ1) is 13.5. The zero-order valence-corrected chi connectivity index (χ0v) is 16.1. The standard InChI is InChI=1S/C21H17ClN4O2/c1-13-7-8-15(11-14(13)2)18-9-10-20(27)26(24-18)12-19-23-21(25-28-19)16-5-3-4-6-17(16)22/h3-11H,12H2,1-2H3. The summed E-state index contributed by atoms with van der Waals surface area (Å²) < 4.78 is 6.61. The summed E-state index contributed by atoms with van der Waals surface area (Å²) in [7, 11) is 0. The summed E-state index contributed by atoms with van der Waals surface area (Å²) in [6.45, 7) is 4.18. The predicted octanol–water partition coefficient (Wildman–Crippen LogP) is 4.28. The van der Waals surface area contributed by atoms with Crippen LogP contribution in [-0.2, 0) is 6.54 Å². The lowest BCUT2D eigenvalue weighted by Crippen LogP contribution is -2.23. The molecule has 0 aliphatic carbocycles. The zero-order chi connectivity index (χ0) is 19.7. The molecule has 0 atom stereocenters. The minimum Gasteiger partial charge on any atom is -0.337 e. The monoisotopic (exact) mass is 392 g/mol. The molecule has 28 heavy (non-hydrogen) atoms. The maximum absolute atomic E-state index is 12.2. The summed E-state index contributed by atoms with van der Waals surface area (Å²) >= 11 is 6.18. The van der Waals surface area contributed by atoms with Gasteiger partial charge in [0.1, 0.15) is 6.54 Å². The van der Waals surface area contributed by atoms with Crippen molar-refractivity contribution in [3.05, 3.63) is 87.0 Å². The number of halogens is 1. The third kappa shape index (κ3) is 3.59. The van der Waals surface area contributed by atoms with Crippen LogP contribution in [0.2, 0.25) is 5.02 Å². The zero-order valence-electron chi connectivity index (χ0n) is 15.4. The second-order valence-corrected chi connectivity index (χ2v) is 6.91. The molecule has 0 fully saturated rings. The smallest absolute Gasteiger partial charge is 0.267 e. The quantitative estimate of drug-likeness (QED) is 0.518. The number of nitrogens with zero attached hydrogens (tertiary/aromatic N) is 4. The average Bonchev–Trinajstić information content (AvgIpc) is 3.14. The normalized spacial score (nSPS) is 11.0. The van der Waals surface area contributed by atoms with Gasteiger partial charge in [-0.3, -0.25) is 4.79 Å². The van der Waals surface area contributed by atoms with E-state index in [0.717, 1.165) is 5.56 Å². The molecule has 0 amide bonds. The molecular weight excluding hydrogens is 376 g/mol. The van der Waals surface area contributed by atoms with Gasteiger partial charge >= 0.3 is 0 Å². The molecule has 0 aliphatic heterocycles. The minimum atomic E-state index is -0.245. The van der Waals surface area contributed by atoms with Crippen molar-refractivity contribution >= 4 is 11.6 Å². The van der Waals surface area contributed by atoms with E-state index in [9.17, 15) is 4.79 Å². The molecule has 0 saturated carbocycles. The van der Waals surface area contributed by atoms with Crippen LogP contribution in [0.1, 0.15) is 17.0 Å². The molecule has 0 bridgehead atoms. The number of benzene rings is 2. The summed E-state index contributed by atoms with van der Waals surface area (Å²) in [6, 6.07) is 16.5. The van der Waals surface area contributed by atoms with Crippen molar-refractivity contribution in [1.29, 1.82) is 0 Å². The molecule has 7 heteroatoms. The molecule has 6 nitrogen and oxygen atoms in total. The number of hydrogen-bond donors (Lipinski definition) is 0. The summed E-state index contributed by atoms with van der Waals surface area (Å²) in [5.41, 5.74) is 4.44. The molecular formula is C21H17ClN4O2. The topological polar surface area (TPSA) is 73.8 Å². The number of hydrogen-bond acceptors (Lipinski definition) is 5. The Morgan fingerprint density at radius 2 is 1.86 bits per heavy atom. The Morgan fingerprint density at radius 1 is 1.04 bits per heavy atom. The van der Waals surface area contributed by atoms with E-state index in [2.05, 4.69) is 28.2 Å². The first kappa shape index (κ1) is 18.1. The molecule has 0 aliphatic rings. The Labute approximate surface area is 166 Å². The van der Waals surface area contributed by atoms with Gasteiger partial charge in [-0.2, -0.15) is 10.1 Å². The Morgan fingerprint density at radius 3 is 2.64 bits per heavy atom. The van der Waals surface area contributed by atoms with Crippen molar-refractivity contribution in [3.8, 4) is 22.6 Å². The minimum absolute atomic E-state index is 0.0783. The van der Waals surface area contributed by atoms with Gasteiger partial charge in [-0.05, 0) is 49.2 Å². The maximum Gasteiger partial charge on any atom is 0.267 e. The molecule has 2 aromatic heterocycles. The molecule has 0 radical (unpaired) electrons. The SMILES string of the molecule is Cc1ccc(-c2ccc(=O)n(Cc3nc(-c4ccccc4Cl)no3)n2)cc1C. The van der Waals surface area contributed by atoms with Crippen LogP contribution >= 0.6 is 11.6 Å². The van der Waals surface area contributed by atoms with E-state index < -0.39 is 0 Å². The molecule has 0 spiro atoms. The molecule has 4 rings (SSSR count). The van der Waals surface area contributed by atoms with Crippen molar-refractivity contribution in [1.82, 2.24) is 19.9 Å². The van der Waals surface area contributed by atoms with Gasteiger partial charge in [-0.1, -0.05) is 41.0 Å². The molecule has 2 aromatic carbocycles. The van der Waals surface area contributed by atoms with E-state index in [0.29, 0.717) is 22.1 Å². The van der Waals surface area contributed by atoms with Gasteiger partial charge in [-0.15, -0.1) is 0 Å². The molecule has 4 aromatic rings. The highest BCUT2D eigenvalue weighted by Gasteiger charge is 2.13. The van der Waals surface area contributed by atoms with Gasteiger partial charge in [0.05, 0.1) is 10.7 Å². The first-order valence-corrected chi connectivity index (χ1v) is 9.12. The first-order valence-electron chi connectivity index (χ1n) is 8.74. The van der Waals surface area contributed by atoms with E-state index >= 15 is 0 Å². The Kier molecular flexibility index (Phi) is 4.79. The predicted molar refractivity (Wildman–Crippen MR) is 107 cm³/mol. The van der Waals surface area contributed by atoms with Gasteiger partial charge in [0.25, 0.3) is 5.56 Å². The van der Waals surface area contributed by atoms with Crippen molar-refractivity contribution in [2.45, 2.75) is 20.4 Å². The van der Waals surface area contributed by atoms with E-state index in [4.69, 9.17) is 16.1 Å². The van der Waals surface area contributed by atoms with Crippen molar-refractivity contribution in [2.75, 3.05) is 0 Å². The lowest BCUT2D eigenvalue weighted by atomic mass is 10.0. The fraction of sp³-hybridized carbons (Fsp3) is 0.143. The lowest BCUT2D eigenvalue weighted by molar-refractivity contribution is 0.363. The Hall–Kier alpha value is -3.25. The van der Waals surface area contributed by atoms with Crippen LogP contribution in [0.15, 0.2) is 63.9 Å². The fourth-order valence-corrected chi connectivity index (χ4v) is 3.04. The summed E-state index contributed by atoms with van der Waals surface area (Å²) in [4.78, 5) is 16.6. The van der Waals surface area contributed by atoms with Crippen molar-refractivity contribution in [2.24, 2.45) is 0 Å². The lowest BCUT2D eigenvalue weighted by Gasteiger charge is -2.07. The highest BCUT2D eigenvalue weighted by atomic mass is 35.5. The van der Waals surface area contributed by atoms with E-state index in [1.165, 1.54) is 21.9 Å². The van der Waals surface area contributed by atoms with E-state index in [1.54, 1.807) is 12.1 Å². The average molecular weight is 393 g/mol. The molecule has 0 unspecified atom stereocenters. The molecule has 140 valence electrons. The van der Waals surface area contributed by atoms with Gasteiger partial charge in [-0.25, -0.2) is 4.68 Å². The largest absolute Gasteiger partial charge is 0.337 e. The number of aryl methyl sites for hydroxylation is 2. The number of aromatic nitrogens is 4. The van der Waals surface area contributed by atoms with E-state index in [1.807, 2.05) is 37.3 Å². The van der Waals surface area contributed by atoms with Gasteiger partial charge in [0.2, 0.25) is 11.7 Å². The third-order valence-corrected chi connectivity index (χ3v) is 4.87. The van der Waals surface area contributed by atoms with Crippen LogP contribution in [-0.4, -0.2) is 19.9 Å².